The van der Waals surface area contributed by atoms with Gasteiger partial charge in [0, 0.05) is 21.5 Å². The number of carbonyl (C=O) groups is 1. The van der Waals surface area contributed by atoms with E-state index in [2.05, 4.69) is 15.9 Å². The molecule has 0 aliphatic heterocycles. The zero-order chi connectivity index (χ0) is 14.0. The number of benzene rings is 2. The van der Waals surface area contributed by atoms with Crippen LogP contribution in [0.5, 0.6) is 0 Å². The van der Waals surface area contributed by atoms with E-state index in [9.17, 15) is 9.18 Å². The first-order chi connectivity index (χ1) is 8.97. The maximum Gasteiger partial charge on any atom is 0.167 e. The zero-order valence-electron chi connectivity index (χ0n) is 10.2. The maximum absolute atomic E-state index is 12.9. The molecule has 2 rings (SSSR count). The molecule has 0 atom stereocenters. The van der Waals surface area contributed by atoms with Gasteiger partial charge in [-0.05, 0) is 42.3 Å². The molecular weight excluding hydrogens is 331 g/mol. The molecule has 0 saturated carbocycles. The number of Topliss-reactive ketones (excluding diaryl/α,β-unsaturated/α-hetero) is 1. The smallest absolute Gasteiger partial charge is 0.167 e. The van der Waals surface area contributed by atoms with Gasteiger partial charge in [-0.15, -0.1) is 0 Å². The second-order valence-electron chi connectivity index (χ2n) is 4.30. The summed E-state index contributed by atoms with van der Waals surface area (Å²) < 4.78 is 13.9. The lowest BCUT2D eigenvalue weighted by Gasteiger charge is -2.06. The van der Waals surface area contributed by atoms with Crippen molar-refractivity contribution in [3.63, 3.8) is 0 Å². The number of ketones is 1. The minimum atomic E-state index is -0.402. The highest BCUT2D eigenvalue weighted by Gasteiger charge is 2.11. The van der Waals surface area contributed by atoms with E-state index in [0.29, 0.717) is 11.1 Å². The molecule has 0 bridgehead atoms. The highest BCUT2D eigenvalue weighted by molar-refractivity contribution is 9.10. The van der Waals surface area contributed by atoms with Gasteiger partial charge in [0.2, 0.25) is 0 Å². The molecule has 0 N–H and O–H groups in total. The molecule has 0 aromatic heterocycles. The summed E-state index contributed by atoms with van der Waals surface area (Å²) in [4.78, 5) is 12.1. The molecule has 0 unspecified atom stereocenters. The van der Waals surface area contributed by atoms with Crippen LogP contribution in [0, 0.1) is 12.7 Å². The molecule has 0 heterocycles. The normalized spacial score (nSPS) is 10.5. The minimum Gasteiger partial charge on any atom is -0.294 e. The van der Waals surface area contributed by atoms with Crippen LogP contribution < -0.4 is 0 Å². The first kappa shape index (κ1) is 14.2. The van der Waals surface area contributed by atoms with Crippen molar-refractivity contribution in [2.45, 2.75) is 13.3 Å². The third-order valence-corrected chi connectivity index (χ3v) is 4.09. The van der Waals surface area contributed by atoms with E-state index in [0.717, 1.165) is 10.0 Å². The predicted molar refractivity (Wildman–Crippen MR) is 78.3 cm³/mol. The Morgan fingerprint density at radius 3 is 2.63 bits per heavy atom. The molecule has 4 heteroatoms. The third kappa shape index (κ3) is 3.43. The van der Waals surface area contributed by atoms with Gasteiger partial charge in [-0.25, -0.2) is 4.39 Å². The van der Waals surface area contributed by atoms with Gasteiger partial charge in [0.15, 0.2) is 5.78 Å². The quantitative estimate of drug-likeness (QED) is 0.720. The second kappa shape index (κ2) is 5.85. The number of carbonyl (C=O) groups excluding carboxylic acids is 1. The molecule has 0 saturated heterocycles. The van der Waals surface area contributed by atoms with E-state index in [1.807, 2.05) is 19.1 Å². The zero-order valence-corrected chi connectivity index (χ0v) is 12.6. The molecule has 2 aromatic carbocycles. The fourth-order valence-corrected chi connectivity index (χ4v) is 2.24. The van der Waals surface area contributed by atoms with E-state index < -0.39 is 5.82 Å². The molecule has 0 aliphatic rings. The lowest BCUT2D eigenvalue weighted by atomic mass is 10.0. The lowest BCUT2D eigenvalue weighted by molar-refractivity contribution is 0.0993. The van der Waals surface area contributed by atoms with Crippen molar-refractivity contribution in [2.24, 2.45) is 0 Å². The molecule has 1 nitrogen and oxygen atoms in total. The number of halogens is 3. The molecule has 0 amide bonds. The summed E-state index contributed by atoms with van der Waals surface area (Å²) >= 11 is 9.31. The average molecular weight is 342 g/mol. The lowest BCUT2D eigenvalue weighted by Crippen LogP contribution is -2.04. The molecular formula is C15H11BrClFO. The Labute approximate surface area is 124 Å². The SMILES string of the molecule is Cc1cc(C(=O)Cc2ccc(F)cc2Cl)ccc1Br. The molecule has 0 spiro atoms. The van der Waals surface area contributed by atoms with Crippen LogP contribution in [-0.4, -0.2) is 5.78 Å². The van der Waals surface area contributed by atoms with E-state index >= 15 is 0 Å². The molecule has 0 fully saturated rings. The minimum absolute atomic E-state index is 0.0379. The van der Waals surface area contributed by atoms with Crippen molar-refractivity contribution in [3.8, 4) is 0 Å². The van der Waals surface area contributed by atoms with Gasteiger partial charge in [-0.1, -0.05) is 39.7 Å². The predicted octanol–water partition coefficient (Wildman–Crippen LogP) is 4.98. The van der Waals surface area contributed by atoms with E-state index in [1.54, 1.807) is 12.1 Å². The summed E-state index contributed by atoms with van der Waals surface area (Å²) in [5.74, 6) is -0.440. The summed E-state index contributed by atoms with van der Waals surface area (Å²) in [5.41, 5.74) is 2.26. The van der Waals surface area contributed by atoms with Gasteiger partial charge in [0.1, 0.15) is 5.82 Å². The average Bonchev–Trinajstić information content (AvgIpc) is 2.36. The van der Waals surface area contributed by atoms with E-state index in [1.165, 1.54) is 12.1 Å². The van der Waals surface area contributed by atoms with Gasteiger partial charge in [-0.3, -0.25) is 4.79 Å². The van der Waals surface area contributed by atoms with E-state index in [-0.39, 0.29) is 17.2 Å². The van der Waals surface area contributed by atoms with Crippen LogP contribution in [-0.2, 0) is 6.42 Å². The van der Waals surface area contributed by atoms with Crippen LogP contribution in [0.25, 0.3) is 0 Å². The van der Waals surface area contributed by atoms with Crippen LogP contribution in [0.1, 0.15) is 21.5 Å². The number of hydrogen-bond donors (Lipinski definition) is 0. The molecule has 2 aromatic rings. The summed E-state index contributed by atoms with van der Waals surface area (Å²) in [6.45, 7) is 1.92. The van der Waals surface area contributed by atoms with Crippen molar-refractivity contribution in [1.29, 1.82) is 0 Å². The highest BCUT2D eigenvalue weighted by atomic mass is 79.9. The Kier molecular flexibility index (Phi) is 4.38. The Morgan fingerprint density at radius 1 is 1.26 bits per heavy atom. The van der Waals surface area contributed by atoms with E-state index in [4.69, 9.17) is 11.6 Å². The van der Waals surface area contributed by atoms with Gasteiger partial charge < -0.3 is 0 Å². The van der Waals surface area contributed by atoms with Gasteiger partial charge in [-0.2, -0.15) is 0 Å². The van der Waals surface area contributed by atoms with Crippen molar-refractivity contribution in [2.75, 3.05) is 0 Å². The van der Waals surface area contributed by atoms with Crippen LogP contribution in [0.2, 0.25) is 5.02 Å². The van der Waals surface area contributed by atoms with Crippen molar-refractivity contribution in [3.05, 3.63) is 68.4 Å². The third-order valence-electron chi connectivity index (χ3n) is 2.85. The summed E-state index contributed by atoms with van der Waals surface area (Å²) in [6, 6.07) is 9.50. The highest BCUT2D eigenvalue weighted by Crippen LogP contribution is 2.21. The van der Waals surface area contributed by atoms with Gasteiger partial charge >= 0.3 is 0 Å². The number of aryl methyl sites for hydroxylation is 1. The summed E-state index contributed by atoms with van der Waals surface area (Å²) in [6.07, 6.45) is 0.167. The standard InChI is InChI=1S/C15H11BrClFO/c1-9-6-11(3-5-13(9)16)15(19)7-10-2-4-12(18)8-14(10)17/h2-6,8H,7H2,1H3. The number of hydrogen-bond acceptors (Lipinski definition) is 1. The van der Waals surface area contributed by atoms with Crippen molar-refractivity contribution in [1.82, 2.24) is 0 Å². The summed E-state index contributed by atoms with van der Waals surface area (Å²) in [7, 11) is 0. The first-order valence-electron chi connectivity index (χ1n) is 5.70. The topological polar surface area (TPSA) is 17.1 Å². The number of rotatable bonds is 3. The van der Waals surface area contributed by atoms with Crippen molar-refractivity contribution >= 4 is 33.3 Å². The molecule has 0 aliphatic carbocycles. The van der Waals surface area contributed by atoms with Gasteiger partial charge in [0.05, 0.1) is 0 Å². The van der Waals surface area contributed by atoms with Crippen molar-refractivity contribution < 1.29 is 9.18 Å². The Balaban J connectivity index is 2.23. The molecule has 0 radical (unpaired) electrons. The fourth-order valence-electron chi connectivity index (χ4n) is 1.76. The monoisotopic (exact) mass is 340 g/mol. The van der Waals surface area contributed by atoms with Crippen LogP contribution >= 0.6 is 27.5 Å². The summed E-state index contributed by atoms with van der Waals surface area (Å²) in [5, 5.41) is 0.280. The molecule has 98 valence electrons. The van der Waals surface area contributed by atoms with Gasteiger partial charge in [0.25, 0.3) is 0 Å². The van der Waals surface area contributed by atoms with Crippen LogP contribution in [0.3, 0.4) is 0 Å². The fraction of sp³-hybridized carbons (Fsp3) is 0.133. The largest absolute Gasteiger partial charge is 0.294 e. The van der Waals surface area contributed by atoms with Crippen LogP contribution in [0.4, 0.5) is 4.39 Å². The Bertz CT molecular complexity index is 640. The molecule has 19 heavy (non-hydrogen) atoms. The Morgan fingerprint density at radius 2 is 2.00 bits per heavy atom. The second-order valence-corrected chi connectivity index (χ2v) is 5.56. The maximum atomic E-state index is 12.9. The van der Waals surface area contributed by atoms with Crippen LogP contribution in [0.15, 0.2) is 40.9 Å². The Hall–Kier alpha value is -1.19. The first-order valence-corrected chi connectivity index (χ1v) is 6.88.